The molecule has 0 radical (unpaired) electrons. The molecule has 0 unspecified atom stereocenters. The van der Waals surface area contributed by atoms with Crippen LogP contribution in [0.15, 0.2) is 19.0 Å². The van der Waals surface area contributed by atoms with Crippen LogP contribution < -0.4 is 9.80 Å². The quantitative estimate of drug-likeness (QED) is 0.695. The van der Waals surface area contributed by atoms with E-state index in [9.17, 15) is 4.39 Å². The smallest absolute Gasteiger partial charge is 0.186 e. The van der Waals surface area contributed by atoms with Gasteiger partial charge in [0.05, 0.1) is 12.0 Å². The summed E-state index contributed by atoms with van der Waals surface area (Å²) in [6.45, 7) is 4.24. The summed E-state index contributed by atoms with van der Waals surface area (Å²) in [5.41, 5.74) is 2.07. The van der Waals surface area contributed by atoms with Crippen LogP contribution in [0.2, 0.25) is 0 Å². The van der Waals surface area contributed by atoms with E-state index < -0.39 is 0 Å². The predicted octanol–water partition coefficient (Wildman–Crippen LogP) is 1.95. The van der Waals surface area contributed by atoms with Crippen LogP contribution in [0.5, 0.6) is 0 Å². The first kappa shape index (κ1) is 17.6. The highest BCUT2D eigenvalue weighted by molar-refractivity contribution is 5.83. The van der Waals surface area contributed by atoms with Gasteiger partial charge in [-0.25, -0.2) is 29.3 Å². The Morgan fingerprint density at radius 2 is 1.85 bits per heavy atom. The zero-order chi connectivity index (χ0) is 19.0. The maximum atomic E-state index is 14.2. The van der Waals surface area contributed by atoms with E-state index >= 15 is 0 Å². The topological polar surface area (TPSA) is 75.9 Å². The van der Waals surface area contributed by atoms with Gasteiger partial charge < -0.3 is 14.4 Å². The van der Waals surface area contributed by atoms with Crippen LogP contribution >= 0.6 is 0 Å². The molecule has 0 N–H and O–H groups in total. The highest BCUT2D eigenvalue weighted by atomic mass is 19.1. The monoisotopic (exact) mass is 370 g/mol. The van der Waals surface area contributed by atoms with E-state index in [0.29, 0.717) is 17.4 Å². The maximum Gasteiger partial charge on any atom is 0.186 e. The molecule has 8 nitrogen and oxygen atoms in total. The number of fused-ring (bicyclic) bond motifs is 1. The summed E-state index contributed by atoms with van der Waals surface area (Å²) in [4.78, 5) is 25.2. The molecule has 3 aromatic rings. The number of anilines is 2. The molecular weight excluding hydrogens is 347 g/mol. The van der Waals surface area contributed by atoms with Gasteiger partial charge in [-0.15, -0.1) is 0 Å². The second-order valence-corrected chi connectivity index (χ2v) is 7.13. The van der Waals surface area contributed by atoms with Gasteiger partial charge >= 0.3 is 0 Å². The summed E-state index contributed by atoms with van der Waals surface area (Å²) in [5, 5.41) is 0. The van der Waals surface area contributed by atoms with Crippen molar-refractivity contribution in [3.05, 3.63) is 30.5 Å². The van der Waals surface area contributed by atoms with Crippen LogP contribution in [-0.4, -0.2) is 56.2 Å². The Labute approximate surface area is 157 Å². The summed E-state index contributed by atoms with van der Waals surface area (Å²) in [6.07, 6.45) is 6.79. The van der Waals surface area contributed by atoms with Gasteiger partial charge in [-0.2, -0.15) is 0 Å². The molecule has 0 atom stereocenters. The lowest BCUT2D eigenvalue weighted by molar-refractivity contribution is 0.405. The summed E-state index contributed by atoms with van der Waals surface area (Å²) in [6, 6.07) is 0. The van der Waals surface area contributed by atoms with Gasteiger partial charge in [0.2, 0.25) is 0 Å². The summed E-state index contributed by atoms with van der Waals surface area (Å²) in [5.74, 6) is 1.45. The highest BCUT2D eigenvalue weighted by Gasteiger charge is 2.25. The molecule has 1 fully saturated rings. The molecular formula is C18H23FN8. The number of hydrogen-bond donors (Lipinski definition) is 0. The Balaban J connectivity index is 1.43. The molecule has 0 bridgehead atoms. The van der Waals surface area contributed by atoms with Gasteiger partial charge in [0.1, 0.15) is 18.2 Å². The summed E-state index contributed by atoms with van der Waals surface area (Å²) in [7, 11) is 3.85. The first-order chi connectivity index (χ1) is 13.0. The SMILES string of the molecule is Cc1ncnc(N(C)CC2CCN(c3ncnc4ncn(C)c34)CC2)c1F. The molecule has 27 heavy (non-hydrogen) atoms. The fourth-order valence-electron chi connectivity index (χ4n) is 3.71. The Morgan fingerprint density at radius 3 is 2.63 bits per heavy atom. The molecule has 0 amide bonds. The lowest BCUT2D eigenvalue weighted by Gasteiger charge is -2.35. The van der Waals surface area contributed by atoms with Gasteiger partial charge in [0.15, 0.2) is 23.1 Å². The van der Waals surface area contributed by atoms with E-state index in [2.05, 4.69) is 29.8 Å². The minimum atomic E-state index is -0.336. The van der Waals surface area contributed by atoms with E-state index in [-0.39, 0.29) is 5.82 Å². The molecule has 9 heteroatoms. The molecule has 0 aromatic carbocycles. The molecule has 4 heterocycles. The molecule has 1 aliphatic rings. The Morgan fingerprint density at radius 1 is 1.11 bits per heavy atom. The largest absolute Gasteiger partial charge is 0.357 e. The minimum Gasteiger partial charge on any atom is -0.357 e. The number of aryl methyl sites for hydroxylation is 2. The third-order valence-corrected chi connectivity index (χ3v) is 5.24. The first-order valence-corrected chi connectivity index (χ1v) is 9.09. The zero-order valence-electron chi connectivity index (χ0n) is 15.8. The molecule has 3 aromatic heterocycles. The van der Waals surface area contributed by atoms with Crippen molar-refractivity contribution in [1.29, 1.82) is 0 Å². The van der Waals surface area contributed by atoms with Crippen molar-refractivity contribution in [3.8, 4) is 0 Å². The number of halogens is 1. The Bertz CT molecular complexity index is 948. The molecule has 0 saturated carbocycles. The molecule has 0 aliphatic carbocycles. The molecule has 1 saturated heterocycles. The number of nitrogens with zero attached hydrogens (tertiary/aromatic N) is 8. The van der Waals surface area contributed by atoms with Crippen molar-refractivity contribution in [1.82, 2.24) is 29.5 Å². The van der Waals surface area contributed by atoms with E-state index in [1.165, 1.54) is 6.33 Å². The van der Waals surface area contributed by atoms with Crippen LogP contribution in [0.3, 0.4) is 0 Å². The molecule has 1 aliphatic heterocycles. The lowest BCUT2D eigenvalue weighted by Crippen LogP contribution is -2.38. The van der Waals surface area contributed by atoms with Crippen LogP contribution in [0.1, 0.15) is 18.5 Å². The van der Waals surface area contributed by atoms with Gasteiger partial charge in [-0.3, -0.25) is 0 Å². The predicted molar refractivity (Wildman–Crippen MR) is 101 cm³/mol. The fourth-order valence-corrected chi connectivity index (χ4v) is 3.71. The van der Waals surface area contributed by atoms with Gasteiger partial charge in [-0.1, -0.05) is 0 Å². The van der Waals surface area contributed by atoms with E-state index in [4.69, 9.17) is 0 Å². The average Bonchev–Trinajstić information content (AvgIpc) is 3.06. The van der Waals surface area contributed by atoms with Crippen molar-refractivity contribution in [2.24, 2.45) is 13.0 Å². The van der Waals surface area contributed by atoms with Crippen LogP contribution in [-0.2, 0) is 7.05 Å². The van der Waals surface area contributed by atoms with Crippen molar-refractivity contribution in [2.45, 2.75) is 19.8 Å². The zero-order valence-corrected chi connectivity index (χ0v) is 15.8. The van der Waals surface area contributed by atoms with Crippen molar-refractivity contribution < 1.29 is 4.39 Å². The highest BCUT2D eigenvalue weighted by Crippen LogP contribution is 2.28. The maximum absolute atomic E-state index is 14.2. The number of piperidine rings is 1. The average molecular weight is 370 g/mol. The Kier molecular flexibility index (Phi) is 4.59. The van der Waals surface area contributed by atoms with Crippen molar-refractivity contribution in [3.63, 3.8) is 0 Å². The van der Waals surface area contributed by atoms with Gasteiger partial charge in [0, 0.05) is 33.7 Å². The normalized spacial score (nSPS) is 15.5. The minimum absolute atomic E-state index is 0.336. The van der Waals surface area contributed by atoms with Gasteiger partial charge in [-0.05, 0) is 25.7 Å². The Hall–Kier alpha value is -2.84. The number of aromatic nitrogens is 6. The second kappa shape index (κ2) is 7.05. The third kappa shape index (κ3) is 3.29. The number of imidazole rings is 1. The number of rotatable bonds is 4. The van der Waals surface area contributed by atoms with Crippen LogP contribution in [0, 0.1) is 18.7 Å². The van der Waals surface area contributed by atoms with E-state index in [1.54, 1.807) is 19.6 Å². The molecule has 0 spiro atoms. The van der Waals surface area contributed by atoms with Gasteiger partial charge in [0.25, 0.3) is 0 Å². The summed E-state index contributed by atoms with van der Waals surface area (Å²) < 4.78 is 16.2. The fraction of sp³-hybridized carbons (Fsp3) is 0.500. The van der Waals surface area contributed by atoms with Crippen molar-refractivity contribution >= 4 is 22.8 Å². The second-order valence-electron chi connectivity index (χ2n) is 7.13. The third-order valence-electron chi connectivity index (χ3n) is 5.24. The van der Waals surface area contributed by atoms with Crippen LogP contribution in [0.4, 0.5) is 16.0 Å². The summed E-state index contributed by atoms with van der Waals surface area (Å²) >= 11 is 0. The van der Waals surface area contributed by atoms with Crippen molar-refractivity contribution in [2.75, 3.05) is 36.5 Å². The standard InChI is InChI=1S/C18H23FN8/c1-12-14(19)17(22-9-20-12)25(2)8-13-4-6-27(7-5-13)18-15-16(21-10-23-18)24-11-26(15)3/h9-11,13H,4-8H2,1-3H3. The number of hydrogen-bond acceptors (Lipinski definition) is 7. The van der Waals surface area contributed by atoms with Crippen LogP contribution in [0.25, 0.3) is 11.2 Å². The molecule has 142 valence electrons. The first-order valence-electron chi connectivity index (χ1n) is 9.09. The molecule has 4 rings (SSSR count). The van der Waals surface area contributed by atoms with E-state index in [0.717, 1.165) is 49.5 Å². The van der Waals surface area contributed by atoms with E-state index in [1.807, 2.05) is 23.6 Å². The lowest BCUT2D eigenvalue weighted by atomic mass is 9.96.